The summed E-state index contributed by atoms with van der Waals surface area (Å²) < 4.78 is 53.3. The summed E-state index contributed by atoms with van der Waals surface area (Å²) in [6.07, 6.45) is -0.550. The molecular weight excluding hydrogens is 208 g/mol. The van der Waals surface area contributed by atoms with Gasteiger partial charge in [-0.3, -0.25) is 0 Å². The van der Waals surface area contributed by atoms with E-state index >= 15 is 0 Å². The van der Waals surface area contributed by atoms with Crippen molar-refractivity contribution in [2.24, 2.45) is 0 Å². The Morgan fingerprint density at radius 1 is 1.29 bits per heavy atom. The van der Waals surface area contributed by atoms with Crippen LogP contribution in [0, 0.1) is 0 Å². The molecule has 0 aromatic carbocycles. The second kappa shape index (κ2) is 4.59. The van der Waals surface area contributed by atoms with E-state index in [4.69, 9.17) is 5.11 Å². The summed E-state index contributed by atoms with van der Waals surface area (Å²) in [5.74, 6) is -9.71. The first-order valence-corrected chi connectivity index (χ1v) is 3.78. The van der Waals surface area contributed by atoms with Crippen LogP contribution in [0.1, 0.15) is 13.3 Å². The third-order valence-corrected chi connectivity index (χ3v) is 1.43. The summed E-state index contributed by atoms with van der Waals surface area (Å²) >= 11 is 0. The van der Waals surface area contributed by atoms with Crippen molar-refractivity contribution in [1.29, 1.82) is 0 Å². The number of aliphatic carboxylic acids is 1. The predicted octanol–water partition coefficient (Wildman–Crippen LogP) is 1.77. The van der Waals surface area contributed by atoms with Gasteiger partial charge in [-0.25, -0.2) is 13.6 Å². The number of carbonyl (C=O) groups is 1. The number of hydrogen-bond donors (Lipinski definition) is 1. The van der Waals surface area contributed by atoms with Crippen LogP contribution in [0.5, 0.6) is 0 Å². The van der Waals surface area contributed by atoms with E-state index in [2.05, 4.69) is 4.74 Å². The minimum atomic E-state index is -4.12. The lowest BCUT2D eigenvalue weighted by Crippen LogP contribution is -2.35. The number of carboxylic acids is 1. The van der Waals surface area contributed by atoms with E-state index in [1.165, 1.54) is 6.92 Å². The average molecular weight is 218 g/mol. The van der Waals surface area contributed by atoms with E-state index in [1.54, 1.807) is 0 Å². The van der Waals surface area contributed by atoms with E-state index in [9.17, 15) is 22.4 Å². The Kier molecular flexibility index (Phi) is 4.31. The van der Waals surface area contributed by atoms with Crippen molar-refractivity contribution in [1.82, 2.24) is 0 Å². The van der Waals surface area contributed by atoms with Gasteiger partial charge in [0.15, 0.2) is 0 Å². The van der Waals surface area contributed by atoms with Crippen molar-refractivity contribution < 1.29 is 32.2 Å². The van der Waals surface area contributed by atoms with Gasteiger partial charge in [-0.2, -0.15) is 8.78 Å². The molecule has 0 aromatic heterocycles. The number of hydrogen-bond acceptors (Lipinski definition) is 2. The third kappa shape index (κ3) is 4.40. The van der Waals surface area contributed by atoms with E-state index in [0.717, 1.165) is 0 Å². The normalized spacial score (nSPS) is 12.9. The van der Waals surface area contributed by atoms with Crippen molar-refractivity contribution >= 4 is 5.97 Å². The number of ether oxygens (including phenoxy) is 1. The van der Waals surface area contributed by atoms with E-state index in [-0.39, 0.29) is 0 Å². The first-order valence-electron chi connectivity index (χ1n) is 3.78. The second-order valence-corrected chi connectivity index (χ2v) is 2.71. The van der Waals surface area contributed by atoms with Gasteiger partial charge in [-0.15, -0.1) is 0 Å². The highest BCUT2D eigenvalue weighted by atomic mass is 19.3. The van der Waals surface area contributed by atoms with Crippen LogP contribution >= 0.6 is 0 Å². The van der Waals surface area contributed by atoms with Gasteiger partial charge in [-0.05, 0) is 0 Å². The first kappa shape index (κ1) is 13.2. The molecule has 84 valence electrons. The molecule has 0 heterocycles. The molecule has 0 amide bonds. The minimum absolute atomic E-state index is 0.550. The maximum Gasteiger partial charge on any atom is 0.377 e. The van der Waals surface area contributed by atoms with Gasteiger partial charge in [0, 0.05) is 6.42 Å². The summed E-state index contributed by atoms with van der Waals surface area (Å²) in [7, 11) is 0. The molecule has 0 aliphatic heterocycles. The average Bonchev–Trinajstić information content (AvgIpc) is 2.03. The molecule has 0 aliphatic carbocycles. The summed E-state index contributed by atoms with van der Waals surface area (Å²) in [5, 5.41) is 7.91. The van der Waals surface area contributed by atoms with E-state index in [1.807, 2.05) is 0 Å². The highest BCUT2D eigenvalue weighted by Crippen LogP contribution is 2.20. The lowest BCUT2D eigenvalue weighted by molar-refractivity contribution is -0.179. The zero-order valence-electron chi connectivity index (χ0n) is 7.40. The Balaban J connectivity index is 3.91. The molecule has 3 nitrogen and oxygen atoms in total. The van der Waals surface area contributed by atoms with Gasteiger partial charge in [0.1, 0.15) is 13.2 Å². The van der Waals surface area contributed by atoms with Gasteiger partial charge in [0.05, 0.1) is 0 Å². The molecule has 0 fully saturated rings. The standard InChI is InChI=1S/C7H10F4O3/c1-2-6(8,9)3-14-4-7(10,11)5(12)13/h2-4H2,1H3,(H,12,13). The van der Waals surface area contributed by atoms with Crippen LogP contribution in [0.3, 0.4) is 0 Å². The monoisotopic (exact) mass is 218 g/mol. The smallest absolute Gasteiger partial charge is 0.377 e. The maximum absolute atomic E-state index is 12.4. The molecule has 0 aliphatic rings. The SMILES string of the molecule is CCC(F)(F)COCC(F)(F)C(=O)O. The number of carboxylic acid groups (broad SMARTS) is 1. The molecule has 0 bridgehead atoms. The summed E-state index contributed by atoms with van der Waals surface area (Å²) in [4.78, 5) is 9.83. The molecule has 0 saturated heterocycles. The summed E-state index contributed by atoms with van der Waals surface area (Å²) in [6, 6.07) is 0. The maximum atomic E-state index is 12.4. The highest BCUT2D eigenvalue weighted by Gasteiger charge is 2.40. The Morgan fingerprint density at radius 2 is 1.79 bits per heavy atom. The number of rotatable bonds is 6. The van der Waals surface area contributed by atoms with Crippen molar-refractivity contribution in [3.63, 3.8) is 0 Å². The molecule has 7 heteroatoms. The molecule has 0 radical (unpaired) electrons. The van der Waals surface area contributed by atoms with Gasteiger partial charge in [0.2, 0.25) is 0 Å². The molecule has 14 heavy (non-hydrogen) atoms. The topological polar surface area (TPSA) is 46.5 Å². The molecule has 1 N–H and O–H groups in total. The van der Waals surface area contributed by atoms with E-state index in [0.29, 0.717) is 0 Å². The molecule has 0 atom stereocenters. The molecule has 0 saturated carbocycles. The lowest BCUT2D eigenvalue weighted by atomic mass is 10.3. The number of halogens is 4. The first-order chi connectivity index (χ1) is 6.21. The van der Waals surface area contributed by atoms with Crippen molar-refractivity contribution in [3.8, 4) is 0 Å². The Hall–Kier alpha value is -0.850. The Morgan fingerprint density at radius 3 is 2.14 bits per heavy atom. The Labute approximate surface area is 77.7 Å². The summed E-state index contributed by atoms with van der Waals surface area (Å²) in [6.45, 7) is -1.58. The number of alkyl halides is 4. The van der Waals surface area contributed by atoms with Crippen LogP contribution in [0.2, 0.25) is 0 Å². The van der Waals surface area contributed by atoms with Crippen molar-refractivity contribution in [2.45, 2.75) is 25.2 Å². The summed E-state index contributed by atoms with van der Waals surface area (Å²) in [5.41, 5.74) is 0. The fourth-order valence-electron chi connectivity index (χ4n) is 0.492. The lowest BCUT2D eigenvalue weighted by Gasteiger charge is -2.16. The molecule has 0 rings (SSSR count). The zero-order valence-corrected chi connectivity index (χ0v) is 7.40. The minimum Gasteiger partial charge on any atom is -0.477 e. The van der Waals surface area contributed by atoms with Gasteiger partial charge >= 0.3 is 11.9 Å². The van der Waals surface area contributed by atoms with E-state index < -0.39 is 37.4 Å². The zero-order chi connectivity index (χ0) is 11.4. The largest absolute Gasteiger partial charge is 0.477 e. The van der Waals surface area contributed by atoms with Crippen LogP contribution < -0.4 is 0 Å². The quantitative estimate of drug-likeness (QED) is 0.691. The molecule has 0 unspecified atom stereocenters. The van der Waals surface area contributed by atoms with Crippen molar-refractivity contribution in [2.75, 3.05) is 13.2 Å². The van der Waals surface area contributed by atoms with Gasteiger partial charge < -0.3 is 9.84 Å². The fourth-order valence-corrected chi connectivity index (χ4v) is 0.492. The highest BCUT2D eigenvalue weighted by molar-refractivity contribution is 5.75. The van der Waals surface area contributed by atoms with Crippen LogP contribution in [0.15, 0.2) is 0 Å². The van der Waals surface area contributed by atoms with Crippen LogP contribution in [-0.2, 0) is 9.53 Å². The van der Waals surface area contributed by atoms with Gasteiger partial charge in [0.25, 0.3) is 5.92 Å². The fraction of sp³-hybridized carbons (Fsp3) is 0.857. The Bertz CT molecular complexity index is 205. The second-order valence-electron chi connectivity index (χ2n) is 2.71. The predicted molar refractivity (Wildman–Crippen MR) is 38.6 cm³/mol. The van der Waals surface area contributed by atoms with Gasteiger partial charge in [-0.1, -0.05) is 6.92 Å². The molecule has 0 spiro atoms. The van der Waals surface area contributed by atoms with Crippen molar-refractivity contribution in [3.05, 3.63) is 0 Å². The third-order valence-electron chi connectivity index (χ3n) is 1.43. The van der Waals surface area contributed by atoms with Crippen LogP contribution in [-0.4, -0.2) is 36.1 Å². The van der Waals surface area contributed by atoms with Crippen LogP contribution in [0.25, 0.3) is 0 Å². The molecular formula is C7H10F4O3. The van der Waals surface area contributed by atoms with Crippen LogP contribution in [0.4, 0.5) is 17.6 Å². The molecule has 0 aromatic rings.